The monoisotopic (exact) mass is 306 g/mol. The van der Waals surface area contributed by atoms with Gasteiger partial charge in [-0.05, 0) is 67.9 Å². The lowest BCUT2D eigenvalue weighted by Crippen LogP contribution is -2.19. The average Bonchev–Trinajstić information content (AvgIpc) is 2.43. The molecule has 0 bridgehead atoms. The van der Waals surface area contributed by atoms with Crippen molar-refractivity contribution in [3.05, 3.63) is 58.8 Å². The zero-order chi connectivity index (χ0) is 16.8. The zero-order valence-corrected chi connectivity index (χ0v) is 13.7. The summed E-state index contributed by atoms with van der Waals surface area (Å²) in [6.45, 7) is 8.26. The SMILES string of the molecule is CC1=C(/C=C/C(C)=C/C(F)=C(F)/C=C/C=O)C(C)(C)CCC1. The third-order valence-corrected chi connectivity index (χ3v) is 3.96. The van der Waals surface area contributed by atoms with Crippen LogP contribution in [0.15, 0.2) is 58.8 Å². The first-order chi connectivity index (χ1) is 10.3. The molecule has 0 saturated heterocycles. The van der Waals surface area contributed by atoms with Crippen molar-refractivity contribution in [1.29, 1.82) is 0 Å². The molecule has 0 heterocycles. The molecule has 1 nitrogen and oxygen atoms in total. The van der Waals surface area contributed by atoms with Gasteiger partial charge in [-0.3, -0.25) is 4.79 Å². The zero-order valence-electron chi connectivity index (χ0n) is 13.7. The van der Waals surface area contributed by atoms with E-state index in [1.807, 2.05) is 12.2 Å². The third-order valence-electron chi connectivity index (χ3n) is 3.96. The predicted molar refractivity (Wildman–Crippen MR) is 87.7 cm³/mol. The largest absolute Gasteiger partial charge is 0.299 e. The molecule has 1 rings (SSSR count). The Hall–Kier alpha value is -1.77. The Bertz CT molecular complexity index is 572. The fraction of sp³-hybridized carbons (Fsp3) is 0.421. The molecular weight excluding hydrogens is 282 g/mol. The Morgan fingerprint density at radius 3 is 2.45 bits per heavy atom. The molecule has 0 aliphatic heterocycles. The number of rotatable bonds is 5. The van der Waals surface area contributed by atoms with Crippen LogP contribution in [0, 0.1) is 5.41 Å². The number of hydrogen-bond donors (Lipinski definition) is 0. The summed E-state index contributed by atoms with van der Waals surface area (Å²) in [6, 6.07) is 0. The van der Waals surface area contributed by atoms with E-state index in [4.69, 9.17) is 0 Å². The molecule has 1 aliphatic carbocycles. The highest BCUT2D eigenvalue weighted by Gasteiger charge is 2.26. The first kappa shape index (κ1) is 18.3. The van der Waals surface area contributed by atoms with E-state index in [0.717, 1.165) is 31.1 Å². The second-order valence-corrected chi connectivity index (χ2v) is 6.34. The summed E-state index contributed by atoms with van der Waals surface area (Å²) in [7, 11) is 0. The van der Waals surface area contributed by atoms with Crippen LogP contribution in [0.25, 0.3) is 0 Å². The summed E-state index contributed by atoms with van der Waals surface area (Å²) in [5.41, 5.74) is 3.37. The summed E-state index contributed by atoms with van der Waals surface area (Å²) in [5, 5.41) is 0. The highest BCUT2D eigenvalue weighted by atomic mass is 19.2. The van der Waals surface area contributed by atoms with E-state index in [1.54, 1.807) is 6.92 Å². The highest BCUT2D eigenvalue weighted by molar-refractivity contribution is 5.65. The fourth-order valence-corrected chi connectivity index (χ4v) is 2.75. The Kier molecular flexibility index (Phi) is 6.66. The van der Waals surface area contributed by atoms with E-state index in [1.165, 1.54) is 17.6 Å². The Balaban J connectivity index is 2.96. The lowest BCUT2D eigenvalue weighted by molar-refractivity contribution is -0.104. The molecule has 0 aromatic heterocycles. The molecule has 0 N–H and O–H groups in total. The molecular formula is C19H24F2O. The van der Waals surface area contributed by atoms with Gasteiger partial charge in [0.15, 0.2) is 11.7 Å². The summed E-state index contributed by atoms with van der Waals surface area (Å²) in [6.07, 6.45) is 10.5. The van der Waals surface area contributed by atoms with Gasteiger partial charge < -0.3 is 0 Å². The van der Waals surface area contributed by atoms with Crippen LogP contribution < -0.4 is 0 Å². The van der Waals surface area contributed by atoms with Gasteiger partial charge in [-0.2, -0.15) is 0 Å². The van der Waals surface area contributed by atoms with Gasteiger partial charge in [0, 0.05) is 0 Å². The van der Waals surface area contributed by atoms with Crippen LogP contribution in [-0.2, 0) is 4.79 Å². The first-order valence-corrected chi connectivity index (χ1v) is 7.51. The van der Waals surface area contributed by atoms with Crippen molar-refractivity contribution >= 4 is 6.29 Å². The molecule has 0 aromatic carbocycles. The quantitative estimate of drug-likeness (QED) is 0.350. The van der Waals surface area contributed by atoms with Crippen LogP contribution in [0.5, 0.6) is 0 Å². The number of hydrogen-bond acceptors (Lipinski definition) is 1. The second kappa shape index (κ2) is 8.02. The molecule has 0 saturated carbocycles. The van der Waals surface area contributed by atoms with Crippen LogP contribution in [-0.4, -0.2) is 6.29 Å². The van der Waals surface area contributed by atoms with Crippen molar-refractivity contribution in [2.24, 2.45) is 5.41 Å². The smallest absolute Gasteiger partial charge is 0.159 e. The van der Waals surface area contributed by atoms with Gasteiger partial charge in [-0.25, -0.2) is 8.78 Å². The maximum absolute atomic E-state index is 13.6. The molecule has 22 heavy (non-hydrogen) atoms. The lowest BCUT2D eigenvalue weighted by atomic mass is 9.72. The number of aldehydes is 1. The highest BCUT2D eigenvalue weighted by Crippen LogP contribution is 2.40. The molecule has 1 aliphatic rings. The first-order valence-electron chi connectivity index (χ1n) is 7.51. The van der Waals surface area contributed by atoms with Crippen LogP contribution in [0.1, 0.15) is 47.0 Å². The summed E-state index contributed by atoms with van der Waals surface area (Å²) >= 11 is 0. The Morgan fingerprint density at radius 1 is 1.18 bits per heavy atom. The fourth-order valence-electron chi connectivity index (χ4n) is 2.75. The van der Waals surface area contributed by atoms with Crippen LogP contribution >= 0.6 is 0 Å². The van der Waals surface area contributed by atoms with Crippen LogP contribution in [0.4, 0.5) is 8.78 Å². The second-order valence-electron chi connectivity index (χ2n) is 6.34. The summed E-state index contributed by atoms with van der Waals surface area (Å²) < 4.78 is 26.9. The van der Waals surface area contributed by atoms with Crippen molar-refractivity contribution in [1.82, 2.24) is 0 Å². The maximum atomic E-state index is 13.6. The van der Waals surface area contributed by atoms with Gasteiger partial charge in [0.05, 0.1) is 0 Å². The number of carbonyl (C=O) groups excluding carboxylic acids is 1. The van der Waals surface area contributed by atoms with E-state index < -0.39 is 11.7 Å². The van der Waals surface area contributed by atoms with E-state index in [-0.39, 0.29) is 5.41 Å². The molecule has 120 valence electrons. The Morgan fingerprint density at radius 2 is 1.86 bits per heavy atom. The number of allylic oxidation sites excluding steroid dienone is 10. The van der Waals surface area contributed by atoms with E-state index in [9.17, 15) is 13.6 Å². The van der Waals surface area contributed by atoms with Gasteiger partial charge in [0.25, 0.3) is 0 Å². The van der Waals surface area contributed by atoms with Crippen LogP contribution in [0.2, 0.25) is 0 Å². The maximum Gasteiger partial charge on any atom is 0.159 e. The van der Waals surface area contributed by atoms with Crippen molar-refractivity contribution < 1.29 is 13.6 Å². The minimum absolute atomic E-state index is 0.117. The van der Waals surface area contributed by atoms with Gasteiger partial charge in [-0.1, -0.05) is 31.6 Å². The van der Waals surface area contributed by atoms with E-state index >= 15 is 0 Å². The molecule has 0 spiro atoms. The normalized spacial score (nSPS) is 20.7. The molecule has 0 aromatic rings. The molecule has 0 fully saturated rings. The molecule has 0 unspecified atom stereocenters. The van der Waals surface area contributed by atoms with Gasteiger partial charge in [0.2, 0.25) is 0 Å². The molecule has 3 heteroatoms. The van der Waals surface area contributed by atoms with Gasteiger partial charge in [0.1, 0.15) is 6.29 Å². The Labute approximate surface area is 131 Å². The lowest BCUT2D eigenvalue weighted by Gasteiger charge is -2.32. The van der Waals surface area contributed by atoms with Gasteiger partial charge in [-0.15, -0.1) is 0 Å². The van der Waals surface area contributed by atoms with Gasteiger partial charge >= 0.3 is 0 Å². The van der Waals surface area contributed by atoms with E-state index in [0.29, 0.717) is 11.9 Å². The van der Waals surface area contributed by atoms with Crippen molar-refractivity contribution in [2.75, 3.05) is 0 Å². The van der Waals surface area contributed by atoms with E-state index in [2.05, 4.69) is 20.8 Å². The molecule has 0 amide bonds. The molecule has 0 radical (unpaired) electrons. The van der Waals surface area contributed by atoms with Crippen molar-refractivity contribution in [3.8, 4) is 0 Å². The third kappa shape index (κ3) is 5.21. The molecule has 0 atom stereocenters. The topological polar surface area (TPSA) is 17.1 Å². The number of halogens is 2. The predicted octanol–water partition coefficient (Wildman–Crippen LogP) is 5.92. The van der Waals surface area contributed by atoms with Crippen LogP contribution in [0.3, 0.4) is 0 Å². The standard InChI is InChI=1S/C19H24F2O/c1-14(13-18(21)17(20)8-6-12-22)9-10-16-15(2)7-5-11-19(16,3)4/h6,8-10,12-13H,5,7,11H2,1-4H3/b8-6+,10-9+,14-13+,18-17+. The average molecular weight is 306 g/mol. The number of carbonyl (C=O) groups is 1. The van der Waals surface area contributed by atoms with Crippen molar-refractivity contribution in [3.63, 3.8) is 0 Å². The summed E-state index contributed by atoms with van der Waals surface area (Å²) in [4.78, 5) is 10.1. The summed E-state index contributed by atoms with van der Waals surface area (Å²) in [5.74, 6) is -2.03. The minimum Gasteiger partial charge on any atom is -0.299 e. The minimum atomic E-state index is -1.05. The van der Waals surface area contributed by atoms with Crippen molar-refractivity contribution in [2.45, 2.75) is 47.0 Å².